The van der Waals surface area contributed by atoms with Gasteiger partial charge in [0, 0.05) is 37.6 Å². The van der Waals surface area contributed by atoms with Crippen LogP contribution in [0.4, 0.5) is 13.2 Å². The highest BCUT2D eigenvalue weighted by molar-refractivity contribution is 14.0. The Labute approximate surface area is 178 Å². The van der Waals surface area contributed by atoms with Gasteiger partial charge in [-0.25, -0.2) is 4.98 Å². The number of nitrogens with one attached hydrogen (secondary N) is 2. The summed E-state index contributed by atoms with van der Waals surface area (Å²) in [7, 11) is 1.69. The minimum atomic E-state index is -4.29. The Morgan fingerprint density at radius 2 is 1.74 bits per heavy atom. The predicted molar refractivity (Wildman–Crippen MR) is 115 cm³/mol. The Morgan fingerprint density at radius 1 is 1.11 bits per heavy atom. The van der Waals surface area contributed by atoms with E-state index < -0.39 is 11.7 Å². The van der Waals surface area contributed by atoms with E-state index in [1.807, 2.05) is 6.20 Å². The lowest BCUT2D eigenvalue weighted by Gasteiger charge is -2.12. The van der Waals surface area contributed by atoms with Crippen molar-refractivity contribution in [2.45, 2.75) is 32.4 Å². The Bertz CT molecular complexity index is 714. The zero-order valence-corrected chi connectivity index (χ0v) is 18.4. The number of rotatable bonds is 7. The second-order valence-electron chi connectivity index (χ2n) is 5.69. The fraction of sp³-hybridized carbons (Fsp3) is 0.444. The molecule has 4 nitrogen and oxygen atoms in total. The molecule has 0 fully saturated rings. The normalized spacial score (nSPS) is 11.8. The van der Waals surface area contributed by atoms with Crippen LogP contribution in [0.3, 0.4) is 0 Å². The molecule has 1 aromatic heterocycles. The average Bonchev–Trinajstić information content (AvgIpc) is 3.08. The molecule has 1 aromatic carbocycles. The smallest absolute Gasteiger partial charge is 0.356 e. The number of hydrogen-bond acceptors (Lipinski definition) is 3. The van der Waals surface area contributed by atoms with Crippen LogP contribution in [-0.2, 0) is 25.4 Å². The molecule has 2 rings (SSSR count). The molecule has 0 aliphatic carbocycles. The first-order valence-electron chi connectivity index (χ1n) is 8.46. The van der Waals surface area contributed by atoms with Crippen LogP contribution < -0.4 is 10.6 Å². The molecule has 0 bridgehead atoms. The quantitative estimate of drug-likeness (QED) is 0.331. The topological polar surface area (TPSA) is 49.3 Å². The number of nitrogens with zero attached hydrogens (tertiary/aromatic N) is 2. The molecular weight excluding hydrogens is 488 g/mol. The zero-order chi connectivity index (χ0) is 19.0. The van der Waals surface area contributed by atoms with Gasteiger partial charge in [-0.3, -0.25) is 4.99 Å². The van der Waals surface area contributed by atoms with Gasteiger partial charge in [0.15, 0.2) is 5.96 Å². The minimum Gasteiger partial charge on any atom is -0.356 e. The van der Waals surface area contributed by atoms with Crippen molar-refractivity contribution in [3.05, 3.63) is 51.5 Å². The van der Waals surface area contributed by atoms with Gasteiger partial charge in [0.05, 0.1) is 10.6 Å². The van der Waals surface area contributed by atoms with Gasteiger partial charge < -0.3 is 10.6 Å². The molecule has 0 radical (unpaired) electrons. The summed E-state index contributed by atoms with van der Waals surface area (Å²) in [5.74, 6) is 0.671. The van der Waals surface area contributed by atoms with Crippen molar-refractivity contribution in [2.24, 2.45) is 4.99 Å². The van der Waals surface area contributed by atoms with Crippen LogP contribution in [0.5, 0.6) is 0 Å². The standard InChI is InChI=1S/C18H23F3N4S.HI/c1-3-15-12-25-16(26-15)9-11-24-17(22-2)23-10-8-13-4-6-14(7-5-13)18(19,20)21;/h4-7,12H,3,8-11H2,1-2H3,(H2,22,23,24);1H. The van der Waals surface area contributed by atoms with Crippen LogP contribution in [-0.4, -0.2) is 31.1 Å². The predicted octanol–water partition coefficient (Wildman–Crippen LogP) is 4.29. The Hall–Kier alpha value is -1.36. The van der Waals surface area contributed by atoms with E-state index in [4.69, 9.17) is 0 Å². The van der Waals surface area contributed by atoms with Gasteiger partial charge in [0.1, 0.15) is 0 Å². The Balaban J connectivity index is 0.00000364. The summed E-state index contributed by atoms with van der Waals surface area (Å²) in [6.45, 7) is 3.41. The van der Waals surface area contributed by atoms with Crippen molar-refractivity contribution in [2.75, 3.05) is 20.1 Å². The van der Waals surface area contributed by atoms with Gasteiger partial charge >= 0.3 is 6.18 Å². The van der Waals surface area contributed by atoms with Gasteiger partial charge in [-0.2, -0.15) is 13.2 Å². The lowest BCUT2D eigenvalue weighted by Crippen LogP contribution is -2.39. The maximum absolute atomic E-state index is 12.5. The van der Waals surface area contributed by atoms with Gasteiger partial charge in [-0.15, -0.1) is 35.3 Å². The number of benzene rings is 1. The third-order valence-corrected chi connectivity index (χ3v) is 4.99. The highest BCUT2D eigenvalue weighted by Crippen LogP contribution is 2.29. The number of aromatic nitrogens is 1. The van der Waals surface area contributed by atoms with E-state index in [0.717, 1.165) is 42.1 Å². The zero-order valence-electron chi connectivity index (χ0n) is 15.3. The molecule has 0 aliphatic heterocycles. The van der Waals surface area contributed by atoms with E-state index >= 15 is 0 Å². The van der Waals surface area contributed by atoms with Crippen molar-refractivity contribution in [1.82, 2.24) is 15.6 Å². The van der Waals surface area contributed by atoms with Crippen LogP contribution in [0.1, 0.15) is 27.9 Å². The summed E-state index contributed by atoms with van der Waals surface area (Å²) in [5, 5.41) is 7.47. The van der Waals surface area contributed by atoms with Crippen molar-refractivity contribution in [3.63, 3.8) is 0 Å². The number of halogens is 4. The second-order valence-corrected chi connectivity index (χ2v) is 6.89. The largest absolute Gasteiger partial charge is 0.416 e. The van der Waals surface area contributed by atoms with Crippen LogP contribution in [0.2, 0.25) is 0 Å². The van der Waals surface area contributed by atoms with Crippen LogP contribution in [0.15, 0.2) is 35.5 Å². The fourth-order valence-corrected chi connectivity index (χ4v) is 3.18. The minimum absolute atomic E-state index is 0. The average molecular weight is 512 g/mol. The second kappa shape index (κ2) is 11.5. The van der Waals surface area contributed by atoms with Crippen molar-refractivity contribution in [1.29, 1.82) is 0 Å². The number of hydrogen-bond donors (Lipinski definition) is 2. The molecule has 2 N–H and O–H groups in total. The van der Waals surface area contributed by atoms with Crippen LogP contribution >= 0.6 is 35.3 Å². The number of aliphatic imine (C=N–C) groups is 1. The lowest BCUT2D eigenvalue weighted by molar-refractivity contribution is -0.137. The number of guanidine groups is 1. The molecule has 150 valence electrons. The van der Waals surface area contributed by atoms with Gasteiger partial charge in [0.25, 0.3) is 0 Å². The molecule has 0 unspecified atom stereocenters. The summed E-state index contributed by atoms with van der Waals surface area (Å²) in [6, 6.07) is 5.24. The SMILES string of the molecule is CCc1cnc(CCNC(=NC)NCCc2ccc(C(F)(F)F)cc2)s1.I. The van der Waals surface area contributed by atoms with E-state index in [9.17, 15) is 13.2 Å². The first-order chi connectivity index (χ1) is 12.4. The van der Waals surface area contributed by atoms with Crippen molar-refractivity contribution in [3.8, 4) is 0 Å². The molecule has 0 spiro atoms. The van der Waals surface area contributed by atoms with Crippen LogP contribution in [0.25, 0.3) is 0 Å². The van der Waals surface area contributed by atoms with E-state index in [1.54, 1.807) is 18.4 Å². The summed E-state index contributed by atoms with van der Waals surface area (Å²) in [5.41, 5.74) is 0.218. The highest BCUT2D eigenvalue weighted by atomic mass is 127. The molecule has 2 aromatic rings. The van der Waals surface area contributed by atoms with Crippen LogP contribution in [0, 0.1) is 0 Å². The maximum atomic E-state index is 12.5. The van der Waals surface area contributed by atoms with Gasteiger partial charge in [0.2, 0.25) is 0 Å². The number of alkyl halides is 3. The molecular formula is C18H24F3IN4S. The first-order valence-corrected chi connectivity index (χ1v) is 9.28. The van der Waals surface area contributed by atoms with Crippen molar-refractivity contribution < 1.29 is 13.2 Å². The van der Waals surface area contributed by atoms with E-state index in [0.29, 0.717) is 18.9 Å². The number of aryl methyl sites for hydroxylation is 1. The van der Waals surface area contributed by atoms with E-state index in [1.165, 1.54) is 17.0 Å². The highest BCUT2D eigenvalue weighted by Gasteiger charge is 2.29. The van der Waals surface area contributed by atoms with E-state index in [-0.39, 0.29) is 24.0 Å². The number of thiazole rings is 1. The summed E-state index contributed by atoms with van der Waals surface area (Å²) < 4.78 is 37.6. The summed E-state index contributed by atoms with van der Waals surface area (Å²) in [6.07, 6.45) is 0.0584. The fourth-order valence-electron chi connectivity index (χ4n) is 2.32. The van der Waals surface area contributed by atoms with E-state index in [2.05, 4.69) is 27.5 Å². The lowest BCUT2D eigenvalue weighted by atomic mass is 10.1. The summed E-state index contributed by atoms with van der Waals surface area (Å²) >= 11 is 1.72. The Morgan fingerprint density at radius 3 is 2.26 bits per heavy atom. The molecule has 0 saturated heterocycles. The molecule has 0 atom stereocenters. The monoisotopic (exact) mass is 512 g/mol. The van der Waals surface area contributed by atoms with Gasteiger partial charge in [-0.05, 0) is 30.5 Å². The third-order valence-electron chi connectivity index (χ3n) is 3.79. The Kier molecular flexibility index (Phi) is 10.1. The maximum Gasteiger partial charge on any atom is 0.416 e. The van der Waals surface area contributed by atoms with Gasteiger partial charge in [-0.1, -0.05) is 19.1 Å². The molecule has 9 heteroatoms. The molecule has 1 heterocycles. The first kappa shape index (κ1) is 23.7. The molecule has 0 aliphatic rings. The van der Waals surface area contributed by atoms with Crippen molar-refractivity contribution >= 4 is 41.3 Å². The molecule has 0 saturated carbocycles. The molecule has 0 amide bonds. The third kappa shape index (κ3) is 8.04. The molecule has 27 heavy (non-hydrogen) atoms. The summed E-state index contributed by atoms with van der Waals surface area (Å²) in [4.78, 5) is 9.80.